The molecule has 0 bridgehead atoms. The Morgan fingerprint density at radius 1 is 0.478 bits per heavy atom. The van der Waals surface area contributed by atoms with Crippen molar-refractivity contribution < 1.29 is 0 Å². The van der Waals surface area contributed by atoms with Crippen molar-refractivity contribution in [3.63, 3.8) is 0 Å². The zero-order valence-electron chi connectivity index (χ0n) is 13.2. The van der Waals surface area contributed by atoms with Gasteiger partial charge >= 0.3 is 0 Å². The molecule has 3 rings (SSSR count). The first-order valence-corrected chi connectivity index (χ1v) is 10.3. The largest absolute Gasteiger partial charge is 0.318 e. The molecule has 0 spiro atoms. The summed E-state index contributed by atoms with van der Waals surface area (Å²) in [6.45, 7) is 0. The molecule has 0 saturated heterocycles. The third-order valence-corrected chi connectivity index (χ3v) is 6.90. The van der Waals surface area contributed by atoms with Gasteiger partial charge in [0.05, 0.1) is 0 Å². The van der Waals surface area contributed by atoms with Crippen molar-refractivity contribution in [1.82, 2.24) is 0 Å². The van der Waals surface area contributed by atoms with Crippen LogP contribution in [-0.2, 0) is 18.5 Å². The first-order chi connectivity index (χ1) is 11.2. The average Bonchev–Trinajstić information content (AvgIpc) is 2.57. The molecule has 0 saturated carbocycles. The first-order valence-electron chi connectivity index (χ1n) is 7.97. The zero-order chi connectivity index (χ0) is 16.0. The van der Waals surface area contributed by atoms with Crippen molar-refractivity contribution in [3.8, 4) is 0 Å². The molecule has 3 aromatic rings. The lowest BCUT2D eigenvalue weighted by molar-refractivity contribution is 1.21. The number of nitrogens with one attached hydrogen (secondary N) is 1. The third-order valence-electron chi connectivity index (χ3n) is 3.98. The second-order valence-electron chi connectivity index (χ2n) is 6.08. The normalized spacial score (nSPS) is 11.3. The molecule has 0 aromatic heterocycles. The van der Waals surface area contributed by atoms with Crippen LogP contribution in [0.15, 0.2) is 91.0 Å². The molecule has 23 heavy (non-hydrogen) atoms. The highest BCUT2D eigenvalue weighted by atomic mass is 31.2. The third kappa shape index (κ3) is 4.68. The van der Waals surface area contributed by atoms with Crippen molar-refractivity contribution >= 4 is 7.05 Å². The van der Waals surface area contributed by atoms with Crippen molar-refractivity contribution in [2.75, 3.05) is 0 Å². The standard InChI is InChI=1S/C21H22NP/c22-23(16-19-10-4-1-5-11-19,17-20-12-6-2-7-13-20)18-21-14-8-3-9-15-21/h1-15,22H,16-18H2. The fraction of sp³-hybridized carbons (Fsp3) is 0.143. The minimum atomic E-state index is -1.89. The molecule has 0 radical (unpaired) electrons. The van der Waals surface area contributed by atoms with Gasteiger partial charge in [-0.05, 0) is 23.7 Å². The Morgan fingerprint density at radius 3 is 1.00 bits per heavy atom. The van der Waals surface area contributed by atoms with E-state index >= 15 is 0 Å². The van der Waals surface area contributed by atoms with Crippen LogP contribution in [0.1, 0.15) is 16.7 Å². The quantitative estimate of drug-likeness (QED) is 0.511. The fourth-order valence-electron chi connectivity index (χ4n) is 2.97. The summed E-state index contributed by atoms with van der Waals surface area (Å²) >= 11 is 0. The maximum Gasteiger partial charge on any atom is 0.00799 e. The van der Waals surface area contributed by atoms with E-state index in [1.54, 1.807) is 0 Å². The van der Waals surface area contributed by atoms with Crippen LogP contribution in [0.2, 0.25) is 0 Å². The van der Waals surface area contributed by atoms with E-state index in [4.69, 9.17) is 0 Å². The van der Waals surface area contributed by atoms with Crippen LogP contribution in [0.5, 0.6) is 0 Å². The summed E-state index contributed by atoms with van der Waals surface area (Å²) in [7, 11) is -1.89. The van der Waals surface area contributed by atoms with Gasteiger partial charge in [0.25, 0.3) is 0 Å². The van der Waals surface area contributed by atoms with Crippen LogP contribution in [0.4, 0.5) is 0 Å². The lowest BCUT2D eigenvalue weighted by atomic mass is 10.2. The van der Waals surface area contributed by atoms with Crippen LogP contribution in [0.3, 0.4) is 0 Å². The molecular formula is C21H22NP. The van der Waals surface area contributed by atoms with Crippen molar-refractivity contribution in [1.29, 1.82) is 5.16 Å². The lowest BCUT2D eigenvalue weighted by Gasteiger charge is -2.23. The van der Waals surface area contributed by atoms with Crippen LogP contribution in [0, 0.1) is 5.16 Å². The van der Waals surface area contributed by atoms with Gasteiger partial charge in [-0.15, -0.1) is 0 Å². The molecule has 0 heterocycles. The Hall–Kier alpha value is -2.11. The monoisotopic (exact) mass is 319 g/mol. The molecule has 0 aliphatic heterocycles. The number of rotatable bonds is 6. The maximum absolute atomic E-state index is 9.24. The molecule has 2 heteroatoms. The van der Waals surface area contributed by atoms with Gasteiger partial charge in [0.2, 0.25) is 0 Å². The van der Waals surface area contributed by atoms with Gasteiger partial charge in [-0.2, -0.15) is 0 Å². The molecule has 0 fully saturated rings. The van der Waals surface area contributed by atoms with E-state index < -0.39 is 7.05 Å². The van der Waals surface area contributed by atoms with Gasteiger partial charge in [-0.3, -0.25) is 0 Å². The Morgan fingerprint density at radius 2 is 0.739 bits per heavy atom. The van der Waals surface area contributed by atoms with Gasteiger partial charge < -0.3 is 5.16 Å². The fourth-order valence-corrected chi connectivity index (χ4v) is 6.03. The van der Waals surface area contributed by atoms with E-state index in [0.29, 0.717) is 0 Å². The Kier molecular flexibility index (Phi) is 5.10. The summed E-state index contributed by atoms with van der Waals surface area (Å²) in [5.41, 5.74) is 3.84. The van der Waals surface area contributed by atoms with Crippen molar-refractivity contribution in [2.24, 2.45) is 0 Å². The lowest BCUT2D eigenvalue weighted by Crippen LogP contribution is -1.97. The highest BCUT2D eigenvalue weighted by Crippen LogP contribution is 2.55. The minimum absolute atomic E-state index is 0.873. The van der Waals surface area contributed by atoms with E-state index in [9.17, 15) is 5.16 Å². The predicted octanol–water partition coefficient (Wildman–Crippen LogP) is 6.37. The van der Waals surface area contributed by atoms with Gasteiger partial charge in [0, 0.05) is 18.5 Å². The van der Waals surface area contributed by atoms with E-state index in [2.05, 4.69) is 72.8 Å². The Labute approximate surface area is 138 Å². The van der Waals surface area contributed by atoms with Gasteiger partial charge in [0.1, 0.15) is 0 Å². The number of hydrogen-bond acceptors (Lipinski definition) is 1. The summed E-state index contributed by atoms with van der Waals surface area (Å²) in [4.78, 5) is 0. The topological polar surface area (TPSA) is 23.9 Å². The smallest absolute Gasteiger partial charge is 0.00799 e. The highest BCUT2D eigenvalue weighted by molar-refractivity contribution is 7.62. The molecule has 3 aromatic carbocycles. The van der Waals surface area contributed by atoms with Gasteiger partial charge in [0.15, 0.2) is 0 Å². The van der Waals surface area contributed by atoms with Crippen molar-refractivity contribution in [2.45, 2.75) is 18.5 Å². The Bertz CT molecular complexity index is 659. The molecule has 1 N–H and O–H groups in total. The molecule has 0 aliphatic carbocycles. The summed E-state index contributed by atoms with van der Waals surface area (Å²) in [5.74, 6) is 0. The molecular weight excluding hydrogens is 297 g/mol. The Balaban J connectivity index is 1.87. The summed E-state index contributed by atoms with van der Waals surface area (Å²) in [6.07, 6.45) is 2.62. The molecule has 0 aliphatic rings. The van der Waals surface area contributed by atoms with Crippen LogP contribution in [0.25, 0.3) is 0 Å². The number of hydrogen-bond donors (Lipinski definition) is 1. The van der Waals surface area contributed by atoms with Gasteiger partial charge in [-0.1, -0.05) is 91.0 Å². The number of benzene rings is 3. The highest BCUT2D eigenvalue weighted by Gasteiger charge is 2.19. The van der Waals surface area contributed by atoms with Crippen LogP contribution in [-0.4, -0.2) is 0 Å². The SMILES string of the molecule is N=P(Cc1ccccc1)(Cc1ccccc1)Cc1ccccc1. The van der Waals surface area contributed by atoms with E-state index in [1.165, 1.54) is 16.7 Å². The molecule has 116 valence electrons. The van der Waals surface area contributed by atoms with Crippen LogP contribution >= 0.6 is 7.05 Å². The minimum Gasteiger partial charge on any atom is -0.318 e. The van der Waals surface area contributed by atoms with E-state index in [1.807, 2.05) is 18.2 Å². The molecule has 0 atom stereocenters. The molecule has 0 unspecified atom stereocenters. The van der Waals surface area contributed by atoms with Crippen LogP contribution < -0.4 is 0 Å². The van der Waals surface area contributed by atoms with E-state index in [0.717, 1.165) is 18.5 Å². The zero-order valence-corrected chi connectivity index (χ0v) is 14.1. The van der Waals surface area contributed by atoms with Crippen molar-refractivity contribution in [3.05, 3.63) is 108 Å². The molecule has 0 amide bonds. The summed E-state index contributed by atoms with van der Waals surface area (Å²) < 4.78 is 0. The second kappa shape index (κ2) is 7.44. The maximum atomic E-state index is 9.24. The second-order valence-corrected chi connectivity index (χ2v) is 9.32. The van der Waals surface area contributed by atoms with Gasteiger partial charge in [-0.25, -0.2) is 0 Å². The average molecular weight is 319 g/mol. The summed E-state index contributed by atoms with van der Waals surface area (Å²) in [5, 5.41) is 9.24. The first kappa shape index (κ1) is 15.8. The summed E-state index contributed by atoms with van der Waals surface area (Å²) in [6, 6.07) is 31.5. The predicted molar refractivity (Wildman–Crippen MR) is 100 cm³/mol. The molecule has 1 nitrogen and oxygen atoms in total. The van der Waals surface area contributed by atoms with E-state index in [-0.39, 0.29) is 0 Å².